The van der Waals surface area contributed by atoms with Crippen molar-refractivity contribution in [1.29, 1.82) is 0 Å². The first-order valence-corrected chi connectivity index (χ1v) is 15.3. The Morgan fingerprint density at radius 3 is 2.19 bits per heavy atom. The lowest BCUT2D eigenvalue weighted by molar-refractivity contribution is 0.399. The van der Waals surface area contributed by atoms with Gasteiger partial charge in [-0.05, 0) is 41.1 Å². The molecule has 0 amide bonds. The van der Waals surface area contributed by atoms with Crippen molar-refractivity contribution in [3.63, 3.8) is 0 Å². The molecule has 0 aliphatic carbocycles. The Labute approximate surface area is 218 Å². The molecule has 13 heteroatoms. The van der Waals surface area contributed by atoms with E-state index in [0.29, 0.717) is 17.7 Å². The molecule has 0 bridgehead atoms. The molecule has 0 fully saturated rings. The lowest BCUT2D eigenvalue weighted by Gasteiger charge is -2.18. The van der Waals surface area contributed by atoms with Gasteiger partial charge in [0.15, 0.2) is 0 Å². The van der Waals surface area contributed by atoms with Crippen LogP contribution in [0, 0.1) is 0 Å². The summed E-state index contributed by atoms with van der Waals surface area (Å²) in [6, 6.07) is 18.5. The molecule has 4 N–H and O–H groups in total. The van der Waals surface area contributed by atoms with Gasteiger partial charge >= 0.3 is 10.3 Å². The Morgan fingerprint density at radius 2 is 1.58 bits per heavy atom. The normalized spacial score (nSPS) is 12.4. The summed E-state index contributed by atoms with van der Waals surface area (Å²) < 4.78 is 61.7. The SMILES string of the molecule is CO.O=S(=O)(O)Nc1ccc(C[C@H](NS(=O)(=O)Cc2ccccc2)c2csc(-c3cccs3)n2)cc1. The van der Waals surface area contributed by atoms with Gasteiger partial charge in [-0.2, -0.15) is 8.42 Å². The van der Waals surface area contributed by atoms with Crippen LogP contribution in [0.4, 0.5) is 5.69 Å². The standard InChI is InChI=1S/C22H21N3O5S4.CH4O/c26-33(27,15-17-5-2-1-3-6-17)25-19(20-14-32-22(23-20)21-7-4-12-31-21)13-16-8-10-18(11-9-16)24-34(28,29)30;1-2/h1-12,14,19,24-25H,13,15H2,(H,28,29,30);2H,1H3/t19-;/m0./s1. The predicted molar refractivity (Wildman–Crippen MR) is 144 cm³/mol. The van der Waals surface area contributed by atoms with Crippen LogP contribution in [-0.2, 0) is 32.5 Å². The molecule has 192 valence electrons. The van der Waals surface area contributed by atoms with Gasteiger partial charge in [-0.25, -0.2) is 18.1 Å². The van der Waals surface area contributed by atoms with Gasteiger partial charge in [-0.15, -0.1) is 22.7 Å². The van der Waals surface area contributed by atoms with Crippen LogP contribution in [0.25, 0.3) is 9.88 Å². The number of aliphatic hydroxyl groups is 1. The van der Waals surface area contributed by atoms with E-state index in [1.807, 2.05) is 33.7 Å². The summed E-state index contributed by atoms with van der Waals surface area (Å²) in [6.45, 7) is 0. The number of anilines is 1. The minimum atomic E-state index is -4.38. The minimum absolute atomic E-state index is 0.163. The average Bonchev–Trinajstić information content (AvgIpc) is 3.53. The quantitative estimate of drug-likeness (QED) is 0.211. The third-order valence-corrected chi connectivity index (χ3v) is 8.52. The summed E-state index contributed by atoms with van der Waals surface area (Å²) in [5, 5.41) is 11.6. The van der Waals surface area contributed by atoms with Crippen LogP contribution in [0.1, 0.15) is 22.9 Å². The molecular formula is C23H25N3O6S4. The molecule has 4 aromatic rings. The third kappa shape index (κ3) is 8.48. The van der Waals surface area contributed by atoms with Crippen LogP contribution in [0.3, 0.4) is 0 Å². The van der Waals surface area contributed by atoms with Crippen molar-refractivity contribution in [1.82, 2.24) is 9.71 Å². The van der Waals surface area contributed by atoms with E-state index in [1.54, 1.807) is 47.7 Å². The van der Waals surface area contributed by atoms with E-state index in [4.69, 9.17) is 9.66 Å². The Balaban J connectivity index is 0.00000176. The van der Waals surface area contributed by atoms with E-state index in [2.05, 4.69) is 9.71 Å². The maximum atomic E-state index is 13.0. The average molecular weight is 568 g/mol. The Morgan fingerprint density at radius 1 is 0.889 bits per heavy atom. The summed E-state index contributed by atoms with van der Waals surface area (Å²) >= 11 is 3.00. The molecule has 0 radical (unpaired) electrons. The predicted octanol–water partition coefficient (Wildman–Crippen LogP) is 4.10. The van der Waals surface area contributed by atoms with Gasteiger partial charge in [0.25, 0.3) is 0 Å². The Kier molecular flexibility index (Phi) is 9.73. The molecular weight excluding hydrogens is 543 g/mol. The second-order valence-corrected chi connectivity index (χ2v) is 12.2. The lowest BCUT2D eigenvalue weighted by atomic mass is 10.0. The second-order valence-electron chi connectivity index (χ2n) is 7.45. The van der Waals surface area contributed by atoms with Crippen molar-refractivity contribution in [2.75, 3.05) is 11.8 Å². The molecule has 0 saturated heterocycles. The van der Waals surface area contributed by atoms with E-state index >= 15 is 0 Å². The van der Waals surface area contributed by atoms with Gasteiger partial charge in [0, 0.05) is 12.5 Å². The van der Waals surface area contributed by atoms with Crippen LogP contribution in [0.15, 0.2) is 77.5 Å². The first-order valence-electron chi connectivity index (χ1n) is 10.5. The number of hydrogen-bond donors (Lipinski definition) is 4. The second kappa shape index (κ2) is 12.5. The van der Waals surface area contributed by atoms with Crippen molar-refractivity contribution in [3.8, 4) is 9.88 Å². The fraction of sp³-hybridized carbons (Fsp3) is 0.174. The van der Waals surface area contributed by atoms with Gasteiger partial charge in [0.05, 0.1) is 28.1 Å². The summed E-state index contributed by atoms with van der Waals surface area (Å²) in [5.41, 5.74) is 2.23. The van der Waals surface area contributed by atoms with Crippen molar-refractivity contribution in [2.45, 2.75) is 18.2 Å². The molecule has 9 nitrogen and oxygen atoms in total. The number of nitrogens with one attached hydrogen (secondary N) is 2. The van der Waals surface area contributed by atoms with Crippen LogP contribution in [0.2, 0.25) is 0 Å². The van der Waals surface area contributed by atoms with Crippen molar-refractivity contribution < 1.29 is 26.5 Å². The van der Waals surface area contributed by atoms with Gasteiger partial charge in [0.1, 0.15) is 5.01 Å². The highest BCUT2D eigenvalue weighted by atomic mass is 32.2. The molecule has 4 rings (SSSR count). The first kappa shape index (κ1) is 27.9. The number of nitrogens with zero attached hydrogens (tertiary/aromatic N) is 1. The number of aliphatic hydroxyl groups excluding tert-OH is 1. The highest BCUT2D eigenvalue weighted by Crippen LogP contribution is 2.31. The number of benzene rings is 2. The molecule has 0 spiro atoms. The molecule has 1 atom stereocenters. The topological polar surface area (TPSA) is 146 Å². The van der Waals surface area contributed by atoms with Gasteiger partial charge < -0.3 is 5.11 Å². The minimum Gasteiger partial charge on any atom is -0.400 e. The van der Waals surface area contributed by atoms with Gasteiger partial charge in [-0.3, -0.25) is 9.27 Å². The van der Waals surface area contributed by atoms with E-state index in [1.165, 1.54) is 23.5 Å². The zero-order chi connectivity index (χ0) is 26.2. The molecule has 0 aliphatic heterocycles. The molecule has 0 unspecified atom stereocenters. The van der Waals surface area contributed by atoms with Crippen LogP contribution >= 0.6 is 22.7 Å². The lowest BCUT2D eigenvalue weighted by Crippen LogP contribution is -2.31. The number of sulfonamides is 1. The number of thiophene rings is 1. The molecule has 36 heavy (non-hydrogen) atoms. The van der Waals surface area contributed by atoms with Crippen LogP contribution in [-0.4, -0.2) is 38.6 Å². The number of rotatable bonds is 10. The number of aromatic nitrogens is 1. The highest BCUT2D eigenvalue weighted by Gasteiger charge is 2.23. The molecule has 2 aromatic heterocycles. The fourth-order valence-electron chi connectivity index (χ4n) is 3.31. The van der Waals surface area contributed by atoms with Crippen LogP contribution in [0.5, 0.6) is 0 Å². The zero-order valence-electron chi connectivity index (χ0n) is 19.1. The van der Waals surface area contributed by atoms with E-state index in [9.17, 15) is 16.8 Å². The first-order chi connectivity index (χ1) is 17.2. The fourth-order valence-corrected chi connectivity index (χ4v) is 6.79. The molecule has 2 heterocycles. The maximum Gasteiger partial charge on any atom is 0.357 e. The summed E-state index contributed by atoms with van der Waals surface area (Å²) in [4.78, 5) is 5.69. The molecule has 0 saturated carbocycles. The van der Waals surface area contributed by atoms with Crippen molar-refractivity contribution in [2.24, 2.45) is 0 Å². The van der Waals surface area contributed by atoms with Gasteiger partial charge in [0.2, 0.25) is 10.0 Å². The summed E-state index contributed by atoms with van der Waals surface area (Å²) in [6.07, 6.45) is 0.299. The maximum absolute atomic E-state index is 13.0. The number of thiazole rings is 1. The molecule has 0 aliphatic rings. The van der Waals surface area contributed by atoms with Crippen molar-refractivity contribution >= 4 is 48.7 Å². The summed E-state index contributed by atoms with van der Waals surface area (Å²) in [7, 11) is -7.06. The van der Waals surface area contributed by atoms with Crippen LogP contribution < -0.4 is 9.44 Å². The van der Waals surface area contributed by atoms with E-state index in [0.717, 1.165) is 22.6 Å². The Bertz CT molecular complexity index is 1440. The van der Waals surface area contributed by atoms with E-state index in [-0.39, 0.29) is 11.4 Å². The highest BCUT2D eigenvalue weighted by molar-refractivity contribution is 7.88. The third-order valence-electron chi connectivity index (χ3n) is 4.77. The number of hydrogen-bond acceptors (Lipinski definition) is 8. The van der Waals surface area contributed by atoms with Gasteiger partial charge in [-0.1, -0.05) is 48.5 Å². The largest absolute Gasteiger partial charge is 0.400 e. The van der Waals surface area contributed by atoms with Crippen molar-refractivity contribution in [3.05, 3.63) is 94.3 Å². The summed E-state index contributed by atoms with van der Waals surface area (Å²) in [5.74, 6) is -0.163. The smallest absolute Gasteiger partial charge is 0.357 e. The molecule has 2 aromatic carbocycles. The zero-order valence-corrected chi connectivity index (χ0v) is 22.4. The monoisotopic (exact) mass is 567 g/mol. The Hall–Kier alpha value is -2.65. The van der Waals surface area contributed by atoms with E-state index < -0.39 is 26.4 Å².